The Labute approximate surface area is 127 Å². The third-order valence-electron chi connectivity index (χ3n) is 2.50. The number of carbonyl (C=O) groups excluding carboxylic acids is 1. The van der Waals surface area contributed by atoms with Gasteiger partial charge in [0.25, 0.3) is 0 Å². The third-order valence-corrected chi connectivity index (χ3v) is 3.62. The molecular formula is C14H9F2IO3. The number of carbonyl (C=O) groups is 1. The fourth-order valence-corrected chi connectivity index (χ4v) is 2.23. The van der Waals surface area contributed by atoms with Crippen molar-refractivity contribution >= 4 is 28.6 Å². The first-order valence-corrected chi connectivity index (χ1v) is 6.61. The molecule has 0 aliphatic rings. The zero-order chi connectivity index (χ0) is 14.7. The lowest BCUT2D eigenvalue weighted by molar-refractivity contribution is 0.0599. The largest absolute Gasteiger partial charge is 0.465 e. The minimum atomic E-state index is -1.08. The zero-order valence-corrected chi connectivity index (χ0v) is 12.5. The standard InChI is InChI=1S/C14H9F2IO3/c1-19-14(18)8-4-2-7-11(13(8)17)20-10-6-3-5-9(15)12(10)16/h2-7H,1H3. The SMILES string of the molecule is COC(=O)c1cccc(Oc2cccc(F)c2F)c1I. The number of ether oxygens (including phenoxy) is 2. The number of esters is 1. The van der Waals surface area contributed by atoms with Gasteiger partial charge in [0.2, 0.25) is 5.82 Å². The maximum Gasteiger partial charge on any atom is 0.339 e. The molecule has 2 rings (SSSR count). The molecule has 0 spiro atoms. The second-order valence-electron chi connectivity index (χ2n) is 3.76. The lowest BCUT2D eigenvalue weighted by Gasteiger charge is -2.11. The van der Waals surface area contributed by atoms with Crippen LogP contribution in [0, 0.1) is 15.2 Å². The molecule has 0 saturated carbocycles. The van der Waals surface area contributed by atoms with Gasteiger partial charge in [0.1, 0.15) is 5.75 Å². The summed E-state index contributed by atoms with van der Waals surface area (Å²) in [4.78, 5) is 11.5. The minimum Gasteiger partial charge on any atom is -0.465 e. The molecule has 0 bridgehead atoms. The summed E-state index contributed by atoms with van der Waals surface area (Å²) in [7, 11) is 1.26. The van der Waals surface area contributed by atoms with E-state index in [4.69, 9.17) is 4.74 Å². The summed E-state index contributed by atoms with van der Waals surface area (Å²) in [5.41, 5.74) is 0.294. The highest BCUT2D eigenvalue weighted by Crippen LogP contribution is 2.31. The van der Waals surface area contributed by atoms with Gasteiger partial charge in [0.15, 0.2) is 11.6 Å². The van der Waals surface area contributed by atoms with E-state index < -0.39 is 17.6 Å². The lowest BCUT2D eigenvalue weighted by Crippen LogP contribution is -2.05. The highest BCUT2D eigenvalue weighted by molar-refractivity contribution is 14.1. The highest BCUT2D eigenvalue weighted by atomic mass is 127. The predicted octanol–water partition coefficient (Wildman–Crippen LogP) is 4.15. The molecule has 2 aromatic carbocycles. The molecule has 0 aliphatic heterocycles. The van der Waals surface area contributed by atoms with Crippen molar-refractivity contribution in [3.63, 3.8) is 0 Å². The van der Waals surface area contributed by atoms with Crippen LogP contribution < -0.4 is 4.74 Å². The molecule has 3 nitrogen and oxygen atoms in total. The summed E-state index contributed by atoms with van der Waals surface area (Å²) in [6.07, 6.45) is 0. The van der Waals surface area contributed by atoms with E-state index in [0.717, 1.165) is 6.07 Å². The zero-order valence-electron chi connectivity index (χ0n) is 10.3. The molecule has 0 amide bonds. The molecule has 0 saturated heterocycles. The van der Waals surface area contributed by atoms with Crippen molar-refractivity contribution in [1.82, 2.24) is 0 Å². The fraction of sp³-hybridized carbons (Fsp3) is 0.0714. The Bertz CT molecular complexity index is 659. The molecule has 0 fully saturated rings. The van der Waals surface area contributed by atoms with Crippen molar-refractivity contribution in [2.24, 2.45) is 0 Å². The van der Waals surface area contributed by atoms with Gasteiger partial charge < -0.3 is 9.47 Å². The quantitative estimate of drug-likeness (QED) is 0.584. The Hall–Kier alpha value is -1.70. The molecule has 104 valence electrons. The summed E-state index contributed by atoms with van der Waals surface area (Å²) in [6.45, 7) is 0. The monoisotopic (exact) mass is 390 g/mol. The van der Waals surface area contributed by atoms with Gasteiger partial charge in [-0.2, -0.15) is 4.39 Å². The third kappa shape index (κ3) is 2.90. The van der Waals surface area contributed by atoms with E-state index in [1.807, 2.05) is 22.6 Å². The Morgan fingerprint density at radius 1 is 1.10 bits per heavy atom. The van der Waals surface area contributed by atoms with Crippen LogP contribution in [0.3, 0.4) is 0 Å². The Kier molecular flexibility index (Phi) is 4.53. The van der Waals surface area contributed by atoms with Crippen LogP contribution in [0.2, 0.25) is 0 Å². The molecule has 0 radical (unpaired) electrons. The first-order chi connectivity index (χ1) is 9.54. The molecule has 20 heavy (non-hydrogen) atoms. The normalized spacial score (nSPS) is 10.2. The predicted molar refractivity (Wildman–Crippen MR) is 76.9 cm³/mol. The van der Waals surface area contributed by atoms with E-state index in [1.54, 1.807) is 18.2 Å². The first kappa shape index (κ1) is 14.7. The van der Waals surface area contributed by atoms with Crippen LogP contribution in [0.15, 0.2) is 36.4 Å². The second-order valence-corrected chi connectivity index (χ2v) is 4.84. The van der Waals surface area contributed by atoms with Crippen molar-refractivity contribution in [3.05, 3.63) is 57.2 Å². The molecule has 0 unspecified atom stereocenters. The van der Waals surface area contributed by atoms with E-state index in [2.05, 4.69) is 4.74 Å². The summed E-state index contributed by atoms with van der Waals surface area (Å²) in [5.74, 6) is -2.60. The van der Waals surface area contributed by atoms with Gasteiger partial charge in [-0.1, -0.05) is 12.1 Å². The van der Waals surface area contributed by atoms with Gasteiger partial charge in [-0.05, 0) is 46.9 Å². The van der Waals surface area contributed by atoms with E-state index in [0.29, 0.717) is 9.13 Å². The van der Waals surface area contributed by atoms with E-state index in [9.17, 15) is 13.6 Å². The summed E-state index contributed by atoms with van der Waals surface area (Å²) >= 11 is 1.88. The smallest absolute Gasteiger partial charge is 0.339 e. The van der Waals surface area contributed by atoms with Crippen LogP contribution in [0.5, 0.6) is 11.5 Å². The molecule has 0 heterocycles. The number of hydrogen-bond acceptors (Lipinski definition) is 3. The van der Waals surface area contributed by atoms with Crippen LogP contribution in [0.25, 0.3) is 0 Å². The maximum absolute atomic E-state index is 13.6. The Morgan fingerprint density at radius 2 is 1.75 bits per heavy atom. The van der Waals surface area contributed by atoms with Gasteiger partial charge in [0, 0.05) is 0 Å². The average Bonchev–Trinajstić information content (AvgIpc) is 2.45. The molecule has 0 atom stereocenters. The number of benzene rings is 2. The van der Waals surface area contributed by atoms with Crippen LogP contribution in [-0.4, -0.2) is 13.1 Å². The lowest BCUT2D eigenvalue weighted by atomic mass is 10.2. The van der Waals surface area contributed by atoms with Crippen LogP contribution >= 0.6 is 22.6 Å². The van der Waals surface area contributed by atoms with Crippen molar-refractivity contribution in [2.75, 3.05) is 7.11 Å². The molecular weight excluding hydrogens is 381 g/mol. The molecule has 6 heteroatoms. The summed E-state index contributed by atoms with van der Waals surface area (Å²) in [6, 6.07) is 8.32. The number of halogens is 3. The van der Waals surface area contributed by atoms with Gasteiger partial charge in [0.05, 0.1) is 16.2 Å². The maximum atomic E-state index is 13.6. The molecule has 2 aromatic rings. The van der Waals surface area contributed by atoms with E-state index in [-0.39, 0.29) is 11.5 Å². The van der Waals surface area contributed by atoms with Gasteiger partial charge >= 0.3 is 5.97 Å². The molecule has 0 aromatic heterocycles. The van der Waals surface area contributed by atoms with Gasteiger partial charge in [-0.3, -0.25) is 0 Å². The number of methoxy groups -OCH3 is 1. The molecule has 0 aliphatic carbocycles. The average molecular weight is 390 g/mol. The number of rotatable bonds is 3. The Morgan fingerprint density at radius 3 is 2.45 bits per heavy atom. The van der Waals surface area contributed by atoms with Gasteiger partial charge in [-0.25, -0.2) is 9.18 Å². The van der Waals surface area contributed by atoms with E-state index in [1.165, 1.54) is 19.2 Å². The van der Waals surface area contributed by atoms with Crippen LogP contribution in [0.4, 0.5) is 8.78 Å². The van der Waals surface area contributed by atoms with Crippen molar-refractivity contribution in [1.29, 1.82) is 0 Å². The minimum absolute atomic E-state index is 0.245. The molecule has 0 N–H and O–H groups in total. The van der Waals surface area contributed by atoms with Crippen molar-refractivity contribution < 1.29 is 23.0 Å². The van der Waals surface area contributed by atoms with Crippen LogP contribution in [0.1, 0.15) is 10.4 Å². The topological polar surface area (TPSA) is 35.5 Å². The summed E-state index contributed by atoms with van der Waals surface area (Å²) < 4.78 is 37.1. The van der Waals surface area contributed by atoms with Crippen molar-refractivity contribution in [3.8, 4) is 11.5 Å². The van der Waals surface area contributed by atoms with Gasteiger partial charge in [-0.15, -0.1) is 0 Å². The van der Waals surface area contributed by atoms with Crippen LogP contribution in [-0.2, 0) is 4.74 Å². The second kappa shape index (κ2) is 6.17. The Balaban J connectivity index is 2.39. The fourth-order valence-electron chi connectivity index (χ4n) is 1.54. The van der Waals surface area contributed by atoms with Crippen molar-refractivity contribution in [2.45, 2.75) is 0 Å². The van der Waals surface area contributed by atoms with E-state index >= 15 is 0 Å². The first-order valence-electron chi connectivity index (χ1n) is 5.53. The summed E-state index contributed by atoms with van der Waals surface area (Å²) in [5, 5.41) is 0. The number of hydrogen-bond donors (Lipinski definition) is 0. The highest BCUT2D eigenvalue weighted by Gasteiger charge is 2.16.